The number of aromatic nitrogens is 1. The van der Waals surface area contributed by atoms with Crippen molar-refractivity contribution >= 4 is 61.3 Å². The zero-order valence-corrected chi connectivity index (χ0v) is 24.5. The lowest BCUT2D eigenvalue weighted by atomic mass is 10.1. The number of aryl methyl sites for hydroxylation is 1. The summed E-state index contributed by atoms with van der Waals surface area (Å²) in [5, 5.41) is 9.16. The number of carbonyl (C=O) groups excluding carboxylic acids is 1. The molecule has 0 bridgehead atoms. The van der Waals surface area contributed by atoms with Crippen molar-refractivity contribution in [3.8, 4) is 17.0 Å². The van der Waals surface area contributed by atoms with Gasteiger partial charge in [0.25, 0.3) is 0 Å². The molecule has 2 N–H and O–H groups in total. The first-order valence-corrected chi connectivity index (χ1v) is 14.8. The van der Waals surface area contributed by atoms with Gasteiger partial charge in [-0.1, -0.05) is 47.0 Å². The van der Waals surface area contributed by atoms with E-state index in [2.05, 4.69) is 15.6 Å². The molecule has 8 nitrogen and oxygen atoms in total. The van der Waals surface area contributed by atoms with Crippen LogP contribution in [0.3, 0.4) is 0 Å². The maximum absolute atomic E-state index is 13.6. The second-order valence-corrected chi connectivity index (χ2v) is 12.2. The van der Waals surface area contributed by atoms with E-state index in [9.17, 15) is 13.2 Å². The van der Waals surface area contributed by atoms with Gasteiger partial charge in [-0.2, -0.15) is 4.31 Å². The minimum Gasteiger partial charge on any atom is -0.495 e. The van der Waals surface area contributed by atoms with Gasteiger partial charge in [0.15, 0.2) is 5.13 Å². The average Bonchev–Trinajstić information content (AvgIpc) is 3.39. The number of anilines is 2. The van der Waals surface area contributed by atoms with Crippen LogP contribution in [0.15, 0.2) is 70.9 Å². The van der Waals surface area contributed by atoms with Crippen molar-refractivity contribution < 1.29 is 17.9 Å². The SMILES string of the molecule is CNc1nc(-c2ccc(OC)c(NC(=O)CN(Cc3ccc(Cl)cc3Cl)S(=O)(=O)c3ccc(C)cc3)c2)cs1. The van der Waals surface area contributed by atoms with Gasteiger partial charge < -0.3 is 15.4 Å². The number of hydrogen-bond acceptors (Lipinski definition) is 7. The number of rotatable bonds is 10. The van der Waals surface area contributed by atoms with Crippen molar-refractivity contribution in [2.45, 2.75) is 18.4 Å². The van der Waals surface area contributed by atoms with Crippen LogP contribution < -0.4 is 15.4 Å². The molecule has 12 heteroatoms. The first-order chi connectivity index (χ1) is 18.6. The Labute approximate surface area is 241 Å². The Hall–Kier alpha value is -3.15. The fourth-order valence-electron chi connectivity index (χ4n) is 3.76. The minimum absolute atomic E-state index is 0.0643. The normalized spacial score (nSPS) is 11.4. The van der Waals surface area contributed by atoms with Crippen molar-refractivity contribution in [3.63, 3.8) is 0 Å². The van der Waals surface area contributed by atoms with Gasteiger partial charge in [0.2, 0.25) is 15.9 Å². The number of hydrogen-bond donors (Lipinski definition) is 2. The summed E-state index contributed by atoms with van der Waals surface area (Å²) in [5.74, 6) is -0.134. The van der Waals surface area contributed by atoms with Gasteiger partial charge in [-0.15, -0.1) is 11.3 Å². The van der Waals surface area contributed by atoms with Gasteiger partial charge in [0.05, 0.1) is 29.9 Å². The summed E-state index contributed by atoms with van der Waals surface area (Å²) < 4.78 is 33.8. The summed E-state index contributed by atoms with van der Waals surface area (Å²) in [5.41, 5.74) is 3.29. The molecule has 4 rings (SSSR count). The summed E-state index contributed by atoms with van der Waals surface area (Å²) in [6.07, 6.45) is 0. The van der Waals surface area contributed by atoms with Crippen LogP contribution >= 0.6 is 34.5 Å². The largest absolute Gasteiger partial charge is 0.495 e. The van der Waals surface area contributed by atoms with E-state index >= 15 is 0 Å². The predicted molar refractivity (Wildman–Crippen MR) is 158 cm³/mol. The Bertz CT molecular complexity index is 1590. The van der Waals surface area contributed by atoms with Gasteiger partial charge in [0.1, 0.15) is 5.75 Å². The first kappa shape index (κ1) is 28.8. The molecule has 0 radical (unpaired) electrons. The molecule has 1 aromatic heterocycles. The summed E-state index contributed by atoms with van der Waals surface area (Å²) in [6.45, 7) is 1.26. The van der Waals surface area contributed by atoms with Gasteiger partial charge >= 0.3 is 0 Å². The monoisotopic (exact) mass is 604 g/mol. The number of methoxy groups -OCH3 is 1. The Morgan fingerprint density at radius 2 is 1.82 bits per heavy atom. The minimum atomic E-state index is -4.06. The van der Waals surface area contributed by atoms with Crippen LogP contribution in [0, 0.1) is 6.92 Å². The second kappa shape index (κ2) is 12.4. The molecular weight excluding hydrogens is 579 g/mol. The highest BCUT2D eigenvalue weighted by atomic mass is 35.5. The number of carbonyl (C=O) groups is 1. The molecule has 0 aliphatic heterocycles. The molecule has 0 saturated heterocycles. The van der Waals surface area contributed by atoms with E-state index in [-0.39, 0.29) is 11.4 Å². The third-order valence-electron chi connectivity index (χ3n) is 5.83. The van der Waals surface area contributed by atoms with Crippen molar-refractivity contribution in [1.29, 1.82) is 0 Å². The van der Waals surface area contributed by atoms with Crippen molar-refractivity contribution in [2.75, 3.05) is 31.3 Å². The first-order valence-electron chi connectivity index (χ1n) is 11.7. The molecular formula is C27H26Cl2N4O4S2. The van der Waals surface area contributed by atoms with E-state index in [0.717, 1.165) is 26.3 Å². The second-order valence-electron chi connectivity index (χ2n) is 8.57. The average molecular weight is 606 g/mol. The van der Waals surface area contributed by atoms with Gasteiger partial charge in [-0.3, -0.25) is 4.79 Å². The number of halogens is 2. The Kier molecular flexibility index (Phi) is 9.14. The molecule has 3 aromatic carbocycles. The molecule has 0 fully saturated rings. The van der Waals surface area contributed by atoms with E-state index in [1.807, 2.05) is 18.4 Å². The van der Waals surface area contributed by atoms with Gasteiger partial charge in [0, 0.05) is 34.6 Å². The lowest BCUT2D eigenvalue weighted by molar-refractivity contribution is -0.116. The van der Waals surface area contributed by atoms with Crippen LogP contribution in [0.1, 0.15) is 11.1 Å². The van der Waals surface area contributed by atoms with Crippen molar-refractivity contribution in [2.24, 2.45) is 0 Å². The van der Waals surface area contributed by atoms with Crippen molar-refractivity contribution in [1.82, 2.24) is 9.29 Å². The summed E-state index contributed by atoms with van der Waals surface area (Å²) in [7, 11) is -0.786. The summed E-state index contributed by atoms with van der Waals surface area (Å²) in [4.78, 5) is 17.9. The molecule has 0 aliphatic rings. The number of sulfonamides is 1. The summed E-state index contributed by atoms with van der Waals surface area (Å²) in [6, 6.07) is 16.5. The van der Waals surface area contributed by atoms with Crippen molar-refractivity contribution in [3.05, 3.63) is 87.2 Å². The van der Waals surface area contributed by atoms with Crippen LogP contribution in [-0.2, 0) is 21.4 Å². The molecule has 1 heterocycles. The molecule has 4 aromatic rings. The van der Waals surface area contributed by atoms with E-state index < -0.39 is 22.5 Å². The van der Waals surface area contributed by atoms with Gasteiger partial charge in [-0.25, -0.2) is 13.4 Å². The maximum atomic E-state index is 13.6. The number of ether oxygens (including phenoxy) is 1. The quantitative estimate of drug-likeness (QED) is 0.220. The summed E-state index contributed by atoms with van der Waals surface area (Å²) >= 11 is 13.8. The molecule has 0 spiro atoms. The van der Waals surface area contributed by atoms with Gasteiger partial charge in [-0.05, 0) is 55.0 Å². The van der Waals surface area contributed by atoms with Crippen LogP contribution in [0.5, 0.6) is 5.75 Å². The third kappa shape index (κ3) is 6.90. The Morgan fingerprint density at radius 3 is 2.46 bits per heavy atom. The zero-order chi connectivity index (χ0) is 28.2. The smallest absolute Gasteiger partial charge is 0.243 e. The molecule has 0 aliphatic carbocycles. The van der Waals surface area contributed by atoms with E-state index in [1.54, 1.807) is 43.4 Å². The molecule has 1 amide bonds. The highest BCUT2D eigenvalue weighted by molar-refractivity contribution is 7.89. The molecule has 0 saturated carbocycles. The van der Waals surface area contributed by atoms with Crippen LogP contribution in [0.2, 0.25) is 10.0 Å². The highest BCUT2D eigenvalue weighted by Gasteiger charge is 2.28. The number of nitrogens with one attached hydrogen (secondary N) is 2. The topological polar surface area (TPSA) is 101 Å². The highest BCUT2D eigenvalue weighted by Crippen LogP contribution is 2.32. The predicted octanol–water partition coefficient (Wildman–Crippen LogP) is 6.31. The fourth-order valence-corrected chi connectivity index (χ4v) is 6.28. The zero-order valence-electron chi connectivity index (χ0n) is 21.4. The Morgan fingerprint density at radius 1 is 1.08 bits per heavy atom. The number of thiazole rings is 1. The Balaban J connectivity index is 1.64. The molecule has 204 valence electrons. The standard InChI is InChI=1S/C27H26Cl2N4O4S2/c1-17-4-9-21(10-5-17)39(35,36)33(14-19-6-8-20(28)13-22(19)29)15-26(34)31-23-12-18(7-11-25(23)37-3)24-16-38-27(30-2)32-24/h4-13,16H,14-15H2,1-3H3,(H,30,32)(H,31,34). The number of nitrogens with zero attached hydrogens (tertiary/aromatic N) is 2. The maximum Gasteiger partial charge on any atom is 0.243 e. The number of benzene rings is 3. The van der Waals surface area contributed by atoms with Crippen LogP contribution in [-0.4, -0.2) is 44.3 Å². The van der Waals surface area contributed by atoms with E-state index in [4.69, 9.17) is 27.9 Å². The van der Waals surface area contributed by atoms with E-state index in [0.29, 0.717) is 27.0 Å². The molecule has 39 heavy (non-hydrogen) atoms. The van der Waals surface area contributed by atoms with Crippen LogP contribution in [0.25, 0.3) is 11.3 Å². The molecule has 0 atom stereocenters. The number of amides is 1. The van der Waals surface area contributed by atoms with E-state index in [1.165, 1.54) is 36.6 Å². The lowest BCUT2D eigenvalue weighted by Crippen LogP contribution is -2.37. The lowest BCUT2D eigenvalue weighted by Gasteiger charge is -2.23. The molecule has 0 unspecified atom stereocenters. The van der Waals surface area contributed by atoms with Crippen LogP contribution in [0.4, 0.5) is 10.8 Å². The fraction of sp³-hybridized carbons (Fsp3) is 0.185. The third-order valence-corrected chi connectivity index (χ3v) is 9.08.